The fourth-order valence-corrected chi connectivity index (χ4v) is 4.90. The first-order valence-electron chi connectivity index (χ1n) is 8.19. The third kappa shape index (κ3) is 5.53. The molecule has 0 aliphatic rings. The van der Waals surface area contributed by atoms with Crippen molar-refractivity contribution in [1.29, 1.82) is 5.26 Å². The predicted molar refractivity (Wildman–Crippen MR) is 102 cm³/mol. The molecule has 0 fully saturated rings. The van der Waals surface area contributed by atoms with Gasteiger partial charge in [-0.25, -0.2) is 17.2 Å². The van der Waals surface area contributed by atoms with Crippen LogP contribution in [0.5, 0.6) is 0 Å². The van der Waals surface area contributed by atoms with E-state index in [-0.39, 0.29) is 23.0 Å². The van der Waals surface area contributed by atoms with Crippen LogP contribution >= 0.6 is 11.8 Å². The maximum absolute atomic E-state index is 14.8. The van der Waals surface area contributed by atoms with Gasteiger partial charge in [0, 0.05) is 25.9 Å². The first-order chi connectivity index (χ1) is 13.7. The van der Waals surface area contributed by atoms with Gasteiger partial charge in [0.15, 0.2) is 5.82 Å². The molecule has 7 nitrogen and oxygen atoms in total. The topological polar surface area (TPSA) is 104 Å². The lowest BCUT2D eigenvalue weighted by Gasteiger charge is -2.17. The number of carbonyl (C=O) groups excluding carboxylic acids is 1. The smallest absolute Gasteiger partial charge is 0.292 e. The van der Waals surface area contributed by atoms with Gasteiger partial charge in [0.2, 0.25) is 10.0 Å². The van der Waals surface area contributed by atoms with Gasteiger partial charge in [0.1, 0.15) is 22.5 Å². The van der Waals surface area contributed by atoms with Crippen LogP contribution < -0.4 is 10.0 Å². The SMILES string of the molecule is C[C@H](NS(=O)(=O)c1cn(C)c(C(=O)Nc2ccc(F)c(C#N)c2)c1F)SC(C)(F)F. The second-order valence-corrected chi connectivity index (χ2v) is 9.56. The molecule has 2 rings (SSSR count). The average molecular weight is 464 g/mol. The molecule has 162 valence electrons. The number of hydrogen-bond acceptors (Lipinski definition) is 5. The third-order valence-electron chi connectivity index (χ3n) is 3.64. The molecule has 1 aromatic heterocycles. The van der Waals surface area contributed by atoms with Crippen molar-refractivity contribution in [3.8, 4) is 6.07 Å². The van der Waals surface area contributed by atoms with Crippen molar-refractivity contribution in [1.82, 2.24) is 9.29 Å². The molecule has 0 spiro atoms. The number of nitrogens with one attached hydrogen (secondary N) is 2. The van der Waals surface area contributed by atoms with Gasteiger partial charge in [0.25, 0.3) is 11.2 Å². The Morgan fingerprint density at radius 2 is 1.97 bits per heavy atom. The van der Waals surface area contributed by atoms with Crippen LogP contribution in [0.2, 0.25) is 0 Å². The summed E-state index contributed by atoms with van der Waals surface area (Å²) in [5, 5.41) is 6.57. The summed E-state index contributed by atoms with van der Waals surface area (Å²) in [6.45, 7) is 1.75. The molecule has 30 heavy (non-hydrogen) atoms. The molecule has 0 aliphatic carbocycles. The van der Waals surface area contributed by atoms with Crippen LogP contribution in [-0.4, -0.2) is 29.5 Å². The molecule has 13 heteroatoms. The Balaban J connectivity index is 2.30. The van der Waals surface area contributed by atoms with E-state index in [1.165, 1.54) is 7.05 Å². The molecule has 0 aliphatic heterocycles. The number of aryl methyl sites for hydroxylation is 1. The summed E-state index contributed by atoms with van der Waals surface area (Å²) in [4.78, 5) is 11.5. The maximum atomic E-state index is 14.8. The van der Waals surface area contributed by atoms with E-state index in [0.29, 0.717) is 6.92 Å². The lowest BCUT2D eigenvalue weighted by atomic mass is 10.2. The van der Waals surface area contributed by atoms with E-state index in [1.54, 1.807) is 6.07 Å². The van der Waals surface area contributed by atoms with Crippen molar-refractivity contribution >= 4 is 33.4 Å². The Kier molecular flexibility index (Phi) is 6.85. The molecular weight excluding hydrogens is 448 g/mol. The summed E-state index contributed by atoms with van der Waals surface area (Å²) in [6.07, 6.45) is 0.819. The largest absolute Gasteiger partial charge is 0.343 e. The fraction of sp³-hybridized carbons (Fsp3) is 0.294. The van der Waals surface area contributed by atoms with Gasteiger partial charge in [-0.1, -0.05) is 11.8 Å². The van der Waals surface area contributed by atoms with Crippen molar-refractivity contribution in [2.75, 3.05) is 5.32 Å². The summed E-state index contributed by atoms with van der Waals surface area (Å²) in [7, 11) is -3.35. The summed E-state index contributed by atoms with van der Waals surface area (Å²) in [5.74, 6) is -3.27. The van der Waals surface area contributed by atoms with Gasteiger partial charge in [-0.15, -0.1) is 0 Å². The van der Waals surface area contributed by atoms with Gasteiger partial charge in [-0.3, -0.25) is 4.79 Å². The first kappa shape index (κ1) is 23.7. The molecule has 1 heterocycles. The zero-order valence-electron chi connectivity index (χ0n) is 15.8. The van der Waals surface area contributed by atoms with Crippen LogP contribution in [0.15, 0.2) is 29.3 Å². The highest BCUT2D eigenvalue weighted by Gasteiger charge is 2.32. The number of nitriles is 1. The Labute approximate surface area is 174 Å². The molecule has 2 N–H and O–H groups in total. The summed E-state index contributed by atoms with van der Waals surface area (Å²) in [6, 6.07) is 4.67. The molecule has 0 bridgehead atoms. The van der Waals surface area contributed by atoms with Gasteiger partial charge in [-0.2, -0.15) is 18.8 Å². The number of thioether (sulfide) groups is 1. The summed E-state index contributed by atoms with van der Waals surface area (Å²) >= 11 is 0.0187. The fourth-order valence-electron chi connectivity index (χ4n) is 2.51. The number of sulfonamides is 1. The normalized spacial score (nSPS) is 13.0. The van der Waals surface area contributed by atoms with Crippen molar-refractivity contribution < 1.29 is 30.8 Å². The maximum Gasteiger partial charge on any atom is 0.292 e. The van der Waals surface area contributed by atoms with Crippen LogP contribution in [0.3, 0.4) is 0 Å². The predicted octanol–water partition coefficient (Wildman–Crippen LogP) is 3.40. The number of aromatic nitrogens is 1. The summed E-state index contributed by atoms with van der Waals surface area (Å²) in [5.41, 5.74) is -1.04. The van der Waals surface area contributed by atoms with Gasteiger partial charge in [0.05, 0.1) is 10.9 Å². The van der Waals surface area contributed by atoms with E-state index in [2.05, 4.69) is 5.32 Å². The van der Waals surface area contributed by atoms with E-state index >= 15 is 0 Å². The average Bonchev–Trinajstić information content (AvgIpc) is 2.89. The van der Waals surface area contributed by atoms with Gasteiger partial charge < -0.3 is 9.88 Å². The molecule has 0 saturated heterocycles. The minimum Gasteiger partial charge on any atom is -0.343 e. The standard InChI is InChI=1S/C17H16F4N4O3S2/c1-9(29-17(2,20)21)24-30(27,28)13-8-25(3)15(14(13)19)16(26)23-11-4-5-12(18)10(6-11)7-22/h4-6,8-9,24H,1-3H3,(H,23,26)/t9-/m1/s1. The van der Waals surface area contributed by atoms with Crippen LogP contribution in [0, 0.1) is 23.0 Å². The summed E-state index contributed by atoms with van der Waals surface area (Å²) < 4.78 is 81.8. The van der Waals surface area contributed by atoms with Crippen LogP contribution in [0.25, 0.3) is 0 Å². The number of anilines is 1. The highest BCUT2D eigenvalue weighted by atomic mass is 32.2. The first-order valence-corrected chi connectivity index (χ1v) is 10.5. The van der Waals surface area contributed by atoms with Crippen molar-refractivity contribution in [3.63, 3.8) is 0 Å². The molecule has 0 unspecified atom stereocenters. The quantitative estimate of drug-likeness (QED) is 0.483. The van der Waals surface area contributed by atoms with E-state index in [1.807, 2.05) is 4.72 Å². The zero-order chi connectivity index (χ0) is 22.9. The van der Waals surface area contributed by atoms with Gasteiger partial charge >= 0.3 is 0 Å². The van der Waals surface area contributed by atoms with Crippen LogP contribution in [0.4, 0.5) is 23.2 Å². The number of benzene rings is 1. The van der Waals surface area contributed by atoms with Crippen LogP contribution in [0.1, 0.15) is 29.9 Å². The number of alkyl halides is 2. The number of hydrogen-bond donors (Lipinski definition) is 2. The number of halogens is 4. The van der Waals surface area contributed by atoms with E-state index in [0.717, 1.165) is 35.9 Å². The van der Waals surface area contributed by atoms with Crippen molar-refractivity contribution in [3.05, 3.63) is 47.3 Å². The number of carbonyl (C=O) groups is 1. The van der Waals surface area contributed by atoms with E-state index < -0.39 is 48.8 Å². The zero-order valence-corrected chi connectivity index (χ0v) is 17.5. The highest BCUT2D eigenvalue weighted by molar-refractivity contribution is 8.01. The number of amides is 1. The lowest BCUT2D eigenvalue weighted by Crippen LogP contribution is -2.32. The van der Waals surface area contributed by atoms with Crippen LogP contribution in [-0.2, 0) is 17.1 Å². The molecule has 0 radical (unpaired) electrons. The van der Waals surface area contributed by atoms with Gasteiger partial charge in [-0.05, 0) is 25.1 Å². The minimum absolute atomic E-state index is 0.0173. The van der Waals surface area contributed by atoms with Crippen molar-refractivity contribution in [2.45, 2.75) is 29.4 Å². The molecule has 1 amide bonds. The Morgan fingerprint density at radius 1 is 1.33 bits per heavy atom. The Morgan fingerprint density at radius 3 is 2.53 bits per heavy atom. The second-order valence-electron chi connectivity index (χ2n) is 6.22. The molecular formula is C17H16F4N4O3S2. The molecule has 2 aromatic rings. The highest BCUT2D eigenvalue weighted by Crippen LogP contribution is 2.32. The number of nitrogens with zero attached hydrogens (tertiary/aromatic N) is 2. The monoisotopic (exact) mass is 464 g/mol. The third-order valence-corrected chi connectivity index (χ3v) is 6.20. The molecule has 0 saturated carbocycles. The van der Waals surface area contributed by atoms with E-state index in [4.69, 9.17) is 5.26 Å². The second kappa shape index (κ2) is 8.66. The van der Waals surface area contributed by atoms with Crippen molar-refractivity contribution in [2.24, 2.45) is 7.05 Å². The molecule has 1 aromatic carbocycles. The van der Waals surface area contributed by atoms with E-state index in [9.17, 15) is 30.8 Å². The minimum atomic E-state index is -4.56. The molecule has 1 atom stereocenters. The Bertz CT molecular complexity index is 1120. The Hall–Kier alpha value is -2.56. The number of rotatable bonds is 7. The lowest BCUT2D eigenvalue weighted by molar-refractivity contribution is 0.101.